The average Bonchev–Trinajstić information content (AvgIpc) is 2.83. The molecule has 3 nitrogen and oxygen atoms in total. The van der Waals surface area contributed by atoms with Gasteiger partial charge in [0.1, 0.15) is 0 Å². The molecule has 0 aliphatic carbocycles. The molecule has 1 heterocycles. The fourth-order valence-corrected chi connectivity index (χ4v) is 5.33. The summed E-state index contributed by atoms with van der Waals surface area (Å²) >= 11 is 18.3. The Balaban J connectivity index is 1.39. The molecule has 0 saturated carbocycles. The van der Waals surface area contributed by atoms with Crippen LogP contribution in [0.3, 0.4) is 0 Å². The van der Waals surface area contributed by atoms with Gasteiger partial charge in [0.15, 0.2) is 0 Å². The zero-order chi connectivity index (χ0) is 23.9. The van der Waals surface area contributed by atoms with Crippen LogP contribution in [0.1, 0.15) is 40.7 Å². The number of hydrogen-bond acceptors (Lipinski definition) is 2. The molecule has 1 amide bonds. The Morgan fingerprint density at radius 3 is 2.29 bits per heavy atom. The molecule has 34 heavy (non-hydrogen) atoms. The Labute approximate surface area is 217 Å². The molecular formula is C28H29Cl3N2O. The predicted octanol–water partition coefficient (Wildman–Crippen LogP) is 7.09. The Morgan fingerprint density at radius 1 is 0.882 bits per heavy atom. The summed E-state index contributed by atoms with van der Waals surface area (Å²) in [6.07, 6.45) is 4.74. The second-order valence-corrected chi connectivity index (χ2v) is 10.2. The minimum atomic E-state index is -0.00785. The molecule has 0 unspecified atom stereocenters. The van der Waals surface area contributed by atoms with Crippen LogP contribution < -0.4 is 5.32 Å². The number of nitrogens with zero attached hydrogens (tertiary/aromatic N) is 1. The molecule has 178 valence electrons. The standard InChI is InChI=1S/C28H29Cl3N2O/c29-23-10-8-20(9-11-23)7-4-13-32-26-12-14-33(27(19-26)15-21-5-2-1-3-6-21)28(34)22-16-24(30)18-25(31)17-22/h1-3,5-6,8-11,16-18,26-27,32H,4,7,12-15,19H2/t26-,27+/m0/s1. The fraction of sp³-hybridized carbons (Fsp3) is 0.321. The molecule has 4 rings (SSSR count). The van der Waals surface area contributed by atoms with Crippen molar-refractivity contribution in [3.8, 4) is 0 Å². The zero-order valence-corrected chi connectivity index (χ0v) is 21.3. The highest BCUT2D eigenvalue weighted by molar-refractivity contribution is 6.35. The highest BCUT2D eigenvalue weighted by atomic mass is 35.5. The van der Waals surface area contributed by atoms with E-state index < -0.39 is 0 Å². The van der Waals surface area contributed by atoms with Crippen molar-refractivity contribution in [2.24, 2.45) is 0 Å². The van der Waals surface area contributed by atoms with E-state index in [4.69, 9.17) is 34.8 Å². The first-order chi connectivity index (χ1) is 16.5. The number of carbonyl (C=O) groups is 1. The van der Waals surface area contributed by atoms with Crippen LogP contribution in [0, 0.1) is 0 Å². The summed E-state index contributed by atoms with van der Waals surface area (Å²) in [5, 5.41) is 5.46. The van der Waals surface area contributed by atoms with Gasteiger partial charge in [0, 0.05) is 39.3 Å². The van der Waals surface area contributed by atoms with Gasteiger partial charge in [-0.3, -0.25) is 4.79 Å². The molecule has 0 radical (unpaired) electrons. The largest absolute Gasteiger partial charge is 0.335 e. The van der Waals surface area contributed by atoms with Gasteiger partial charge in [-0.25, -0.2) is 0 Å². The van der Waals surface area contributed by atoms with Crippen LogP contribution in [0.25, 0.3) is 0 Å². The lowest BCUT2D eigenvalue weighted by atomic mass is 9.91. The number of carbonyl (C=O) groups excluding carboxylic acids is 1. The number of hydrogen-bond donors (Lipinski definition) is 1. The third-order valence-corrected chi connectivity index (χ3v) is 7.08. The van der Waals surface area contributed by atoms with Crippen LogP contribution in [-0.2, 0) is 12.8 Å². The monoisotopic (exact) mass is 514 g/mol. The predicted molar refractivity (Wildman–Crippen MR) is 142 cm³/mol. The van der Waals surface area contributed by atoms with Gasteiger partial charge in [0.2, 0.25) is 0 Å². The van der Waals surface area contributed by atoms with Crippen molar-refractivity contribution in [1.29, 1.82) is 0 Å². The quantitative estimate of drug-likeness (QED) is 0.325. The van der Waals surface area contributed by atoms with Crippen molar-refractivity contribution >= 4 is 40.7 Å². The van der Waals surface area contributed by atoms with Crippen molar-refractivity contribution in [2.75, 3.05) is 13.1 Å². The van der Waals surface area contributed by atoms with Crippen molar-refractivity contribution < 1.29 is 4.79 Å². The van der Waals surface area contributed by atoms with E-state index in [1.165, 1.54) is 11.1 Å². The van der Waals surface area contributed by atoms with E-state index in [-0.39, 0.29) is 11.9 Å². The Morgan fingerprint density at radius 2 is 1.59 bits per heavy atom. The highest BCUT2D eigenvalue weighted by Gasteiger charge is 2.32. The number of likely N-dealkylation sites (tertiary alicyclic amines) is 1. The molecule has 1 fully saturated rings. The third-order valence-electron chi connectivity index (χ3n) is 6.39. The average molecular weight is 516 g/mol. The Kier molecular flexibility index (Phi) is 8.91. The van der Waals surface area contributed by atoms with E-state index in [2.05, 4.69) is 29.6 Å². The van der Waals surface area contributed by atoms with E-state index in [0.29, 0.717) is 28.2 Å². The van der Waals surface area contributed by atoms with Gasteiger partial charge in [0.25, 0.3) is 5.91 Å². The van der Waals surface area contributed by atoms with Crippen LogP contribution in [-0.4, -0.2) is 36.0 Å². The normalized spacial score (nSPS) is 18.1. The Bertz CT molecular complexity index is 1070. The maximum Gasteiger partial charge on any atom is 0.254 e. The molecule has 0 bridgehead atoms. The van der Waals surface area contributed by atoms with Gasteiger partial charge in [-0.15, -0.1) is 0 Å². The molecule has 1 aliphatic rings. The van der Waals surface area contributed by atoms with Gasteiger partial charge >= 0.3 is 0 Å². The molecule has 1 saturated heterocycles. The topological polar surface area (TPSA) is 32.3 Å². The lowest BCUT2D eigenvalue weighted by Crippen LogP contribution is -2.52. The number of benzene rings is 3. The second kappa shape index (κ2) is 12.1. The molecule has 6 heteroatoms. The summed E-state index contributed by atoms with van der Waals surface area (Å²) in [5.74, 6) is -0.00785. The van der Waals surface area contributed by atoms with Gasteiger partial charge in [0.05, 0.1) is 0 Å². The smallest absolute Gasteiger partial charge is 0.254 e. The van der Waals surface area contributed by atoms with Crippen LogP contribution in [0.5, 0.6) is 0 Å². The number of halogens is 3. The minimum Gasteiger partial charge on any atom is -0.335 e. The molecule has 0 aromatic heterocycles. The van der Waals surface area contributed by atoms with Gasteiger partial charge in [-0.1, -0.05) is 77.3 Å². The summed E-state index contributed by atoms with van der Waals surface area (Å²) in [4.78, 5) is 15.4. The lowest BCUT2D eigenvalue weighted by molar-refractivity contribution is 0.0577. The molecular weight excluding hydrogens is 487 g/mol. The van der Waals surface area contributed by atoms with E-state index in [1.807, 2.05) is 35.2 Å². The van der Waals surface area contributed by atoms with Gasteiger partial charge in [-0.05, 0) is 80.1 Å². The van der Waals surface area contributed by atoms with Crippen molar-refractivity contribution in [3.05, 3.63) is 105 Å². The SMILES string of the molecule is O=C(c1cc(Cl)cc(Cl)c1)N1CC[C@H](NCCCc2ccc(Cl)cc2)C[C@H]1Cc1ccccc1. The fourth-order valence-electron chi connectivity index (χ4n) is 4.68. The minimum absolute atomic E-state index is 0.00785. The summed E-state index contributed by atoms with van der Waals surface area (Å²) in [6.45, 7) is 1.65. The lowest BCUT2D eigenvalue weighted by Gasteiger charge is -2.40. The molecule has 2 atom stereocenters. The van der Waals surface area contributed by atoms with Crippen LogP contribution in [0.15, 0.2) is 72.8 Å². The van der Waals surface area contributed by atoms with Crippen molar-refractivity contribution in [3.63, 3.8) is 0 Å². The van der Waals surface area contributed by atoms with E-state index in [1.54, 1.807) is 18.2 Å². The summed E-state index contributed by atoms with van der Waals surface area (Å²) in [7, 11) is 0. The van der Waals surface area contributed by atoms with Crippen LogP contribution in [0.2, 0.25) is 15.1 Å². The summed E-state index contributed by atoms with van der Waals surface area (Å²) < 4.78 is 0. The number of piperidine rings is 1. The van der Waals surface area contributed by atoms with Crippen LogP contribution in [0.4, 0.5) is 0 Å². The number of amides is 1. The third kappa shape index (κ3) is 6.99. The second-order valence-electron chi connectivity index (χ2n) is 8.91. The van der Waals surface area contributed by atoms with E-state index >= 15 is 0 Å². The maximum absolute atomic E-state index is 13.4. The van der Waals surface area contributed by atoms with Gasteiger partial charge < -0.3 is 10.2 Å². The van der Waals surface area contributed by atoms with Gasteiger partial charge in [-0.2, -0.15) is 0 Å². The number of nitrogens with one attached hydrogen (secondary N) is 1. The van der Waals surface area contributed by atoms with Crippen molar-refractivity contribution in [2.45, 2.75) is 44.2 Å². The molecule has 1 N–H and O–H groups in total. The van der Waals surface area contributed by atoms with Crippen LogP contribution >= 0.6 is 34.8 Å². The zero-order valence-electron chi connectivity index (χ0n) is 19.0. The first-order valence-electron chi connectivity index (χ1n) is 11.8. The van der Waals surface area contributed by atoms with Crippen molar-refractivity contribution in [1.82, 2.24) is 10.2 Å². The maximum atomic E-state index is 13.4. The number of aryl methyl sites for hydroxylation is 1. The van der Waals surface area contributed by atoms with E-state index in [9.17, 15) is 4.79 Å². The Hall–Kier alpha value is -2.04. The summed E-state index contributed by atoms with van der Waals surface area (Å²) in [6, 6.07) is 24.0. The molecule has 3 aromatic rings. The number of rotatable bonds is 8. The first kappa shape index (κ1) is 25.1. The highest BCUT2D eigenvalue weighted by Crippen LogP contribution is 2.26. The summed E-state index contributed by atoms with van der Waals surface area (Å²) in [5.41, 5.74) is 3.08. The van der Waals surface area contributed by atoms with E-state index in [0.717, 1.165) is 43.7 Å². The molecule has 3 aromatic carbocycles. The molecule has 0 spiro atoms. The first-order valence-corrected chi connectivity index (χ1v) is 12.9. The molecule has 1 aliphatic heterocycles.